The number of nitrogens with one attached hydrogen (secondary N) is 2. The average molecular weight is 423 g/mol. The van der Waals surface area contributed by atoms with Crippen molar-refractivity contribution in [3.63, 3.8) is 0 Å². The summed E-state index contributed by atoms with van der Waals surface area (Å²) in [6.07, 6.45) is 2.51. The summed E-state index contributed by atoms with van der Waals surface area (Å²) in [5.41, 5.74) is 3.94. The number of nitrogens with zero attached hydrogens (tertiary/aromatic N) is 2. The zero-order valence-corrected chi connectivity index (χ0v) is 17.7. The van der Waals surface area contributed by atoms with Crippen molar-refractivity contribution >= 4 is 40.5 Å². The molecule has 2 N–H and O–H groups in total. The van der Waals surface area contributed by atoms with E-state index in [1.54, 1.807) is 24.3 Å². The Bertz CT molecular complexity index is 1050. The lowest BCUT2D eigenvalue weighted by Crippen LogP contribution is -2.15. The van der Waals surface area contributed by atoms with Crippen LogP contribution >= 0.6 is 11.6 Å². The molecule has 154 valence electrons. The maximum Gasteiger partial charge on any atom is 0.224 e. The van der Waals surface area contributed by atoms with Crippen molar-refractivity contribution in [3.05, 3.63) is 76.7 Å². The Kier molecular flexibility index (Phi) is 7.14. The van der Waals surface area contributed by atoms with Crippen LogP contribution in [0.3, 0.4) is 0 Å². The van der Waals surface area contributed by atoms with Gasteiger partial charge in [-0.1, -0.05) is 24.6 Å². The zero-order valence-electron chi connectivity index (χ0n) is 16.9. The fourth-order valence-electron chi connectivity index (χ4n) is 2.97. The van der Waals surface area contributed by atoms with Crippen molar-refractivity contribution in [2.75, 3.05) is 10.6 Å². The van der Waals surface area contributed by atoms with Gasteiger partial charge < -0.3 is 10.6 Å². The lowest BCUT2D eigenvalue weighted by atomic mass is 10.1. The monoisotopic (exact) mass is 422 g/mol. The number of Topliss-reactive ketones (excluding diaryl/α,β-unsaturated/α-hetero) is 1. The molecule has 0 aliphatic carbocycles. The molecule has 30 heavy (non-hydrogen) atoms. The van der Waals surface area contributed by atoms with E-state index in [0.717, 1.165) is 29.1 Å². The van der Waals surface area contributed by atoms with Gasteiger partial charge >= 0.3 is 0 Å². The summed E-state index contributed by atoms with van der Waals surface area (Å²) in [7, 11) is 0. The number of carbonyl (C=O) groups is 2. The van der Waals surface area contributed by atoms with Gasteiger partial charge in [0.1, 0.15) is 12.1 Å². The molecule has 1 amide bonds. The van der Waals surface area contributed by atoms with Gasteiger partial charge in [-0.25, -0.2) is 9.97 Å². The van der Waals surface area contributed by atoms with E-state index in [1.807, 2.05) is 38.1 Å². The van der Waals surface area contributed by atoms with E-state index in [1.165, 1.54) is 6.33 Å². The third kappa shape index (κ3) is 5.87. The fourth-order valence-corrected chi connectivity index (χ4v) is 3.10. The first kappa shape index (κ1) is 21.5. The summed E-state index contributed by atoms with van der Waals surface area (Å²) >= 11 is 5.85. The van der Waals surface area contributed by atoms with Crippen LogP contribution in [0.15, 0.2) is 54.9 Å². The predicted molar refractivity (Wildman–Crippen MR) is 120 cm³/mol. The van der Waals surface area contributed by atoms with Crippen molar-refractivity contribution in [1.82, 2.24) is 9.97 Å². The molecule has 0 aliphatic rings. The van der Waals surface area contributed by atoms with Crippen LogP contribution in [-0.4, -0.2) is 21.7 Å². The molecule has 0 aliphatic heterocycles. The second kappa shape index (κ2) is 9.98. The van der Waals surface area contributed by atoms with Crippen LogP contribution < -0.4 is 10.6 Å². The summed E-state index contributed by atoms with van der Waals surface area (Å²) in [4.78, 5) is 33.0. The SMILES string of the molecule is CCc1ccc(Nc2cc(C)ncn2)cc1NC(=O)CCC(=O)c1ccc(Cl)cc1. The van der Waals surface area contributed by atoms with Gasteiger partial charge in [0.05, 0.1) is 0 Å². The summed E-state index contributed by atoms with van der Waals surface area (Å²) in [5.74, 6) is 0.381. The van der Waals surface area contributed by atoms with Gasteiger partial charge in [-0.05, 0) is 55.3 Å². The van der Waals surface area contributed by atoms with Gasteiger partial charge in [0.2, 0.25) is 5.91 Å². The molecule has 0 saturated heterocycles. The number of carbonyl (C=O) groups excluding carboxylic acids is 2. The second-order valence-corrected chi connectivity index (χ2v) is 7.31. The maximum atomic E-state index is 12.5. The molecule has 3 aromatic rings. The summed E-state index contributed by atoms with van der Waals surface area (Å²) in [5, 5.41) is 6.72. The number of halogens is 1. The maximum absolute atomic E-state index is 12.5. The summed E-state index contributed by atoms with van der Waals surface area (Å²) < 4.78 is 0. The summed E-state index contributed by atoms with van der Waals surface area (Å²) in [6.45, 7) is 3.92. The minimum atomic E-state index is -0.206. The number of hydrogen-bond donors (Lipinski definition) is 2. The first-order valence-corrected chi connectivity index (χ1v) is 10.1. The normalized spacial score (nSPS) is 10.5. The number of hydrogen-bond acceptors (Lipinski definition) is 5. The van der Waals surface area contributed by atoms with Crippen molar-refractivity contribution in [2.24, 2.45) is 0 Å². The first-order chi connectivity index (χ1) is 14.4. The minimum absolute atomic E-state index is 0.0907. The van der Waals surface area contributed by atoms with Gasteiger partial charge in [-0.3, -0.25) is 9.59 Å². The molecule has 2 aromatic carbocycles. The third-order valence-corrected chi connectivity index (χ3v) is 4.84. The molecule has 6 nitrogen and oxygen atoms in total. The van der Waals surface area contributed by atoms with Crippen LogP contribution in [0.4, 0.5) is 17.2 Å². The van der Waals surface area contributed by atoms with Crippen LogP contribution in [0.5, 0.6) is 0 Å². The molecule has 3 rings (SSSR count). The number of benzene rings is 2. The molecular weight excluding hydrogens is 400 g/mol. The first-order valence-electron chi connectivity index (χ1n) is 9.72. The molecule has 0 radical (unpaired) electrons. The Morgan fingerprint density at radius 3 is 2.47 bits per heavy atom. The molecule has 1 aromatic heterocycles. The highest BCUT2D eigenvalue weighted by molar-refractivity contribution is 6.30. The van der Waals surface area contributed by atoms with Crippen LogP contribution in [0, 0.1) is 6.92 Å². The van der Waals surface area contributed by atoms with E-state index in [4.69, 9.17) is 11.6 Å². The molecule has 7 heteroatoms. The third-order valence-electron chi connectivity index (χ3n) is 4.59. The Balaban J connectivity index is 1.64. The Labute approximate surface area is 180 Å². The number of ketones is 1. The Morgan fingerprint density at radius 1 is 1.00 bits per heavy atom. The van der Waals surface area contributed by atoms with E-state index in [2.05, 4.69) is 20.6 Å². The molecular formula is C23H23ClN4O2. The number of amides is 1. The quantitative estimate of drug-likeness (QED) is 0.478. The molecule has 0 spiro atoms. The lowest BCUT2D eigenvalue weighted by Gasteiger charge is -2.13. The van der Waals surface area contributed by atoms with E-state index in [9.17, 15) is 9.59 Å². The molecule has 0 atom stereocenters. The van der Waals surface area contributed by atoms with E-state index in [0.29, 0.717) is 16.4 Å². The van der Waals surface area contributed by atoms with Crippen molar-refractivity contribution < 1.29 is 9.59 Å². The molecule has 0 saturated carbocycles. The standard InChI is InChI=1S/C23H23ClN4O2/c1-3-16-6-9-19(27-22-12-15(2)25-14-26-22)13-20(16)28-23(30)11-10-21(29)17-4-7-18(24)8-5-17/h4-9,12-14H,3,10-11H2,1-2H3,(H,28,30)(H,25,26,27). The largest absolute Gasteiger partial charge is 0.340 e. The smallest absolute Gasteiger partial charge is 0.224 e. The summed E-state index contributed by atoms with van der Waals surface area (Å²) in [6, 6.07) is 14.3. The highest BCUT2D eigenvalue weighted by Crippen LogP contribution is 2.24. The second-order valence-electron chi connectivity index (χ2n) is 6.87. The van der Waals surface area contributed by atoms with Gasteiger partial charge in [0, 0.05) is 46.6 Å². The van der Waals surface area contributed by atoms with Crippen LogP contribution in [0.25, 0.3) is 0 Å². The highest BCUT2D eigenvalue weighted by atomic mass is 35.5. The average Bonchev–Trinajstić information content (AvgIpc) is 2.73. The zero-order chi connectivity index (χ0) is 21.5. The van der Waals surface area contributed by atoms with Crippen LogP contribution in [-0.2, 0) is 11.2 Å². The van der Waals surface area contributed by atoms with Crippen molar-refractivity contribution in [2.45, 2.75) is 33.1 Å². The van der Waals surface area contributed by atoms with E-state index in [-0.39, 0.29) is 24.5 Å². The predicted octanol–water partition coefficient (Wildman–Crippen LogP) is 5.35. The minimum Gasteiger partial charge on any atom is -0.340 e. The Hall–Kier alpha value is -3.25. The number of anilines is 3. The molecule has 1 heterocycles. The van der Waals surface area contributed by atoms with Gasteiger partial charge in [-0.15, -0.1) is 0 Å². The van der Waals surface area contributed by atoms with Crippen molar-refractivity contribution in [1.29, 1.82) is 0 Å². The van der Waals surface area contributed by atoms with Crippen LogP contribution in [0.2, 0.25) is 5.02 Å². The van der Waals surface area contributed by atoms with Gasteiger partial charge in [-0.2, -0.15) is 0 Å². The molecule has 0 fully saturated rings. The van der Waals surface area contributed by atoms with Crippen LogP contribution in [0.1, 0.15) is 41.4 Å². The highest BCUT2D eigenvalue weighted by Gasteiger charge is 2.12. The topological polar surface area (TPSA) is 84.0 Å². The molecule has 0 bridgehead atoms. The molecule has 0 unspecified atom stereocenters. The van der Waals surface area contributed by atoms with Gasteiger partial charge in [0.25, 0.3) is 0 Å². The number of aryl methyl sites for hydroxylation is 2. The number of aromatic nitrogens is 2. The fraction of sp³-hybridized carbons (Fsp3) is 0.217. The lowest BCUT2D eigenvalue weighted by molar-refractivity contribution is -0.116. The van der Waals surface area contributed by atoms with E-state index >= 15 is 0 Å². The van der Waals surface area contributed by atoms with E-state index < -0.39 is 0 Å². The Morgan fingerprint density at radius 2 is 1.77 bits per heavy atom. The van der Waals surface area contributed by atoms with Gasteiger partial charge in [0.15, 0.2) is 5.78 Å². The number of rotatable bonds is 8. The van der Waals surface area contributed by atoms with Crippen molar-refractivity contribution in [3.8, 4) is 0 Å².